The van der Waals surface area contributed by atoms with Crippen LogP contribution < -0.4 is 15.0 Å². The van der Waals surface area contributed by atoms with Crippen LogP contribution in [-0.4, -0.2) is 24.7 Å². The smallest absolute Gasteiger partial charge is 0.223 e. The van der Waals surface area contributed by atoms with Gasteiger partial charge in [0.05, 0.1) is 6.61 Å². The molecule has 1 amide bonds. The Morgan fingerprint density at radius 1 is 1.15 bits per heavy atom. The first kappa shape index (κ1) is 17.7. The molecule has 2 aliphatic heterocycles. The number of ether oxygens (including phenoxy) is 1. The number of benzene rings is 2. The second kappa shape index (κ2) is 6.45. The van der Waals surface area contributed by atoms with Gasteiger partial charge in [0.2, 0.25) is 5.91 Å². The third kappa shape index (κ3) is 2.62. The van der Waals surface area contributed by atoms with E-state index in [0.717, 1.165) is 11.3 Å². The van der Waals surface area contributed by atoms with Crippen molar-refractivity contribution >= 4 is 17.7 Å². The molecule has 0 spiro atoms. The van der Waals surface area contributed by atoms with E-state index in [4.69, 9.17) is 4.74 Å². The molecule has 1 unspecified atom stereocenters. The lowest BCUT2D eigenvalue weighted by molar-refractivity contribution is -0.124. The SMILES string of the molecule is CCOc1ccccc1C=CC12NC(=O)CCN1c1ccccc1C2(C)C. The van der Waals surface area contributed by atoms with Crippen LogP contribution in [-0.2, 0) is 10.2 Å². The van der Waals surface area contributed by atoms with Gasteiger partial charge in [0, 0.05) is 29.6 Å². The predicted octanol–water partition coefficient (Wildman–Crippen LogP) is 4.11. The number of nitrogens with one attached hydrogen (secondary N) is 1. The first-order valence-corrected chi connectivity index (χ1v) is 9.59. The molecule has 0 radical (unpaired) electrons. The summed E-state index contributed by atoms with van der Waals surface area (Å²) in [6.45, 7) is 7.73. The van der Waals surface area contributed by atoms with Crippen LogP contribution >= 0.6 is 0 Å². The highest BCUT2D eigenvalue weighted by Crippen LogP contribution is 2.52. The predicted molar refractivity (Wildman–Crippen MR) is 109 cm³/mol. The van der Waals surface area contributed by atoms with Crippen molar-refractivity contribution in [3.63, 3.8) is 0 Å². The van der Waals surface area contributed by atoms with Crippen molar-refractivity contribution in [2.45, 2.75) is 38.3 Å². The Morgan fingerprint density at radius 2 is 1.89 bits per heavy atom. The molecule has 2 heterocycles. The minimum absolute atomic E-state index is 0.0925. The molecule has 4 nitrogen and oxygen atoms in total. The fraction of sp³-hybridized carbons (Fsp3) is 0.348. The third-order valence-electron chi connectivity index (χ3n) is 5.86. The zero-order chi connectivity index (χ0) is 19.1. The molecule has 2 aromatic carbocycles. The van der Waals surface area contributed by atoms with E-state index < -0.39 is 5.66 Å². The van der Waals surface area contributed by atoms with Gasteiger partial charge < -0.3 is 15.0 Å². The second-order valence-corrected chi connectivity index (χ2v) is 7.66. The Labute approximate surface area is 160 Å². The number of carbonyl (C=O) groups excluding carboxylic acids is 1. The van der Waals surface area contributed by atoms with Crippen LogP contribution in [0.4, 0.5) is 5.69 Å². The number of amides is 1. The lowest BCUT2D eigenvalue weighted by Crippen LogP contribution is -2.68. The Kier molecular flexibility index (Phi) is 4.22. The molecule has 2 aliphatic rings. The summed E-state index contributed by atoms with van der Waals surface area (Å²) in [7, 11) is 0. The Bertz CT molecular complexity index is 903. The van der Waals surface area contributed by atoms with Crippen LogP contribution in [0.3, 0.4) is 0 Å². The van der Waals surface area contributed by atoms with Crippen molar-refractivity contribution in [1.29, 1.82) is 0 Å². The Balaban J connectivity index is 1.82. The van der Waals surface area contributed by atoms with Crippen molar-refractivity contribution in [2.75, 3.05) is 18.1 Å². The fourth-order valence-electron chi connectivity index (χ4n) is 4.43. The van der Waals surface area contributed by atoms with Crippen LogP contribution in [0, 0.1) is 0 Å². The van der Waals surface area contributed by atoms with Gasteiger partial charge in [-0.2, -0.15) is 0 Å². The molecule has 1 saturated heterocycles. The van der Waals surface area contributed by atoms with Crippen molar-refractivity contribution in [2.24, 2.45) is 0 Å². The van der Waals surface area contributed by atoms with Crippen LogP contribution in [0.5, 0.6) is 5.75 Å². The fourth-order valence-corrected chi connectivity index (χ4v) is 4.43. The van der Waals surface area contributed by atoms with Crippen LogP contribution in [0.25, 0.3) is 6.08 Å². The maximum Gasteiger partial charge on any atom is 0.223 e. The molecule has 1 fully saturated rings. The molecule has 4 rings (SSSR count). The molecule has 0 aromatic heterocycles. The molecule has 0 aliphatic carbocycles. The highest BCUT2D eigenvalue weighted by molar-refractivity contribution is 5.84. The number of anilines is 1. The summed E-state index contributed by atoms with van der Waals surface area (Å²) in [4.78, 5) is 14.8. The quantitative estimate of drug-likeness (QED) is 0.890. The Hall–Kier alpha value is -2.75. The molecule has 1 N–H and O–H groups in total. The maximum absolute atomic E-state index is 12.4. The zero-order valence-electron chi connectivity index (χ0n) is 16.2. The summed E-state index contributed by atoms with van der Waals surface area (Å²) >= 11 is 0. The molecular weight excluding hydrogens is 336 g/mol. The largest absolute Gasteiger partial charge is 0.493 e. The maximum atomic E-state index is 12.4. The third-order valence-corrected chi connectivity index (χ3v) is 5.86. The van der Waals surface area contributed by atoms with E-state index in [1.807, 2.05) is 31.2 Å². The monoisotopic (exact) mass is 362 g/mol. The first-order valence-electron chi connectivity index (χ1n) is 9.59. The molecule has 2 aromatic rings. The normalized spacial score (nSPS) is 23.1. The van der Waals surface area contributed by atoms with E-state index in [-0.39, 0.29) is 11.3 Å². The number of hydrogen-bond acceptors (Lipinski definition) is 3. The minimum atomic E-state index is -0.592. The molecular formula is C23H26N2O2. The highest BCUT2D eigenvalue weighted by atomic mass is 16.5. The van der Waals surface area contributed by atoms with Gasteiger partial charge in [-0.05, 0) is 30.7 Å². The lowest BCUT2D eigenvalue weighted by atomic mass is 9.74. The van der Waals surface area contributed by atoms with Gasteiger partial charge in [0.25, 0.3) is 0 Å². The topological polar surface area (TPSA) is 41.6 Å². The standard InChI is InChI=1S/C23H26N2O2/c1-4-27-20-12-8-5-9-17(20)13-15-23-22(2,3)18-10-6-7-11-19(18)25(23)16-14-21(26)24-23/h5-13,15H,4,14,16H2,1-3H3,(H,24,26). The number of rotatable bonds is 4. The van der Waals surface area contributed by atoms with Crippen LogP contribution in [0.15, 0.2) is 54.6 Å². The van der Waals surface area contributed by atoms with E-state index in [2.05, 4.69) is 60.5 Å². The first-order chi connectivity index (χ1) is 13.0. The molecule has 0 saturated carbocycles. The van der Waals surface area contributed by atoms with E-state index >= 15 is 0 Å². The van der Waals surface area contributed by atoms with Gasteiger partial charge in [0.1, 0.15) is 11.4 Å². The average Bonchev–Trinajstić information content (AvgIpc) is 2.86. The molecule has 4 heteroatoms. The van der Waals surface area contributed by atoms with Gasteiger partial charge in [-0.25, -0.2) is 0 Å². The molecule has 27 heavy (non-hydrogen) atoms. The molecule has 0 bridgehead atoms. The van der Waals surface area contributed by atoms with E-state index in [1.165, 1.54) is 11.3 Å². The van der Waals surface area contributed by atoms with Gasteiger partial charge in [-0.1, -0.05) is 56.3 Å². The average molecular weight is 362 g/mol. The van der Waals surface area contributed by atoms with Gasteiger partial charge in [-0.3, -0.25) is 4.79 Å². The number of nitrogens with zero attached hydrogens (tertiary/aromatic N) is 1. The summed E-state index contributed by atoms with van der Waals surface area (Å²) in [5.41, 5.74) is 2.61. The summed E-state index contributed by atoms with van der Waals surface area (Å²) in [6, 6.07) is 16.5. The van der Waals surface area contributed by atoms with Crippen molar-refractivity contribution in [3.8, 4) is 5.75 Å². The van der Waals surface area contributed by atoms with Gasteiger partial charge >= 0.3 is 0 Å². The lowest BCUT2D eigenvalue weighted by Gasteiger charge is -2.49. The number of para-hydroxylation sites is 2. The van der Waals surface area contributed by atoms with Crippen LogP contribution in [0.1, 0.15) is 38.3 Å². The summed E-state index contributed by atoms with van der Waals surface area (Å²) in [6.07, 6.45) is 4.73. The summed E-state index contributed by atoms with van der Waals surface area (Å²) in [5.74, 6) is 0.949. The number of fused-ring (bicyclic) bond motifs is 3. The highest BCUT2D eigenvalue weighted by Gasteiger charge is 2.57. The Morgan fingerprint density at radius 3 is 2.70 bits per heavy atom. The minimum Gasteiger partial charge on any atom is -0.493 e. The molecule has 1 atom stereocenters. The molecule has 140 valence electrons. The van der Waals surface area contributed by atoms with Crippen molar-refractivity contribution in [3.05, 3.63) is 65.7 Å². The van der Waals surface area contributed by atoms with Crippen LogP contribution in [0.2, 0.25) is 0 Å². The second-order valence-electron chi connectivity index (χ2n) is 7.66. The number of hydrogen-bond donors (Lipinski definition) is 1. The van der Waals surface area contributed by atoms with E-state index in [1.54, 1.807) is 0 Å². The summed E-state index contributed by atoms with van der Waals surface area (Å²) < 4.78 is 5.77. The van der Waals surface area contributed by atoms with Gasteiger partial charge in [-0.15, -0.1) is 0 Å². The zero-order valence-corrected chi connectivity index (χ0v) is 16.2. The van der Waals surface area contributed by atoms with Crippen molar-refractivity contribution in [1.82, 2.24) is 5.32 Å². The summed E-state index contributed by atoms with van der Waals surface area (Å²) in [5, 5.41) is 3.31. The number of carbonyl (C=O) groups is 1. The van der Waals surface area contributed by atoms with Crippen molar-refractivity contribution < 1.29 is 9.53 Å². The van der Waals surface area contributed by atoms with Gasteiger partial charge in [0.15, 0.2) is 0 Å². The van der Waals surface area contributed by atoms with E-state index in [0.29, 0.717) is 19.6 Å². The van der Waals surface area contributed by atoms with E-state index in [9.17, 15) is 4.79 Å².